The Bertz CT molecular complexity index is 832. The molecule has 0 fully saturated rings. The first-order valence-electron chi connectivity index (χ1n) is 5.90. The minimum Gasteiger partial charge on any atom is -0.329 e. The summed E-state index contributed by atoms with van der Waals surface area (Å²) < 4.78 is 3.55. The predicted octanol–water partition coefficient (Wildman–Crippen LogP) is 4.46. The standard InChI is InChI=1S/C14H12BrN3S/c1-8-3-4-11(5-9(8)2)18-13-12(17-14(18)19)6-10(15)7-16-13/h3-7H,1-2H3,(H,17,19). The highest BCUT2D eigenvalue weighted by atomic mass is 79.9. The van der Waals surface area contributed by atoms with Crippen LogP contribution in [0.3, 0.4) is 0 Å². The number of aromatic nitrogens is 3. The second-order valence-corrected chi connectivity index (χ2v) is 5.86. The first-order chi connectivity index (χ1) is 9.06. The van der Waals surface area contributed by atoms with Crippen molar-refractivity contribution in [1.82, 2.24) is 14.5 Å². The fraction of sp³-hybridized carbons (Fsp3) is 0.143. The molecule has 0 amide bonds. The second-order valence-electron chi connectivity index (χ2n) is 4.56. The van der Waals surface area contributed by atoms with Crippen LogP contribution in [-0.4, -0.2) is 14.5 Å². The number of aromatic amines is 1. The number of nitrogens with zero attached hydrogens (tertiary/aromatic N) is 2. The molecule has 0 aliphatic carbocycles. The van der Waals surface area contributed by atoms with Crippen molar-refractivity contribution in [2.45, 2.75) is 13.8 Å². The van der Waals surface area contributed by atoms with Gasteiger partial charge in [0.2, 0.25) is 0 Å². The lowest BCUT2D eigenvalue weighted by atomic mass is 10.1. The van der Waals surface area contributed by atoms with E-state index in [1.165, 1.54) is 11.1 Å². The largest absolute Gasteiger partial charge is 0.329 e. The van der Waals surface area contributed by atoms with Gasteiger partial charge in [0.05, 0.1) is 11.2 Å². The van der Waals surface area contributed by atoms with Crippen LogP contribution in [0.1, 0.15) is 11.1 Å². The first kappa shape index (κ1) is 12.6. The molecule has 19 heavy (non-hydrogen) atoms. The molecule has 1 N–H and O–H groups in total. The van der Waals surface area contributed by atoms with Crippen LogP contribution in [-0.2, 0) is 0 Å². The number of halogens is 1. The molecule has 0 aliphatic rings. The fourth-order valence-electron chi connectivity index (χ4n) is 2.07. The van der Waals surface area contributed by atoms with Gasteiger partial charge in [0.1, 0.15) is 0 Å². The molecule has 3 rings (SSSR count). The average molecular weight is 334 g/mol. The molecule has 2 heterocycles. The van der Waals surface area contributed by atoms with Crippen molar-refractivity contribution in [3.63, 3.8) is 0 Å². The van der Waals surface area contributed by atoms with Crippen molar-refractivity contribution in [2.24, 2.45) is 0 Å². The summed E-state index contributed by atoms with van der Waals surface area (Å²) in [5.74, 6) is 0. The van der Waals surface area contributed by atoms with Gasteiger partial charge in [-0.15, -0.1) is 0 Å². The Hall–Kier alpha value is -1.46. The zero-order valence-electron chi connectivity index (χ0n) is 10.6. The molecule has 5 heteroatoms. The third-order valence-electron chi connectivity index (χ3n) is 3.24. The summed E-state index contributed by atoms with van der Waals surface area (Å²) in [4.78, 5) is 7.63. The van der Waals surface area contributed by atoms with E-state index < -0.39 is 0 Å². The number of fused-ring (bicyclic) bond motifs is 1. The Morgan fingerprint density at radius 1 is 1.21 bits per heavy atom. The van der Waals surface area contributed by atoms with Crippen molar-refractivity contribution in [2.75, 3.05) is 0 Å². The van der Waals surface area contributed by atoms with Crippen molar-refractivity contribution < 1.29 is 0 Å². The molecular weight excluding hydrogens is 322 g/mol. The first-order valence-corrected chi connectivity index (χ1v) is 7.10. The second kappa shape index (κ2) is 4.58. The van der Waals surface area contributed by atoms with Gasteiger partial charge >= 0.3 is 0 Å². The minimum absolute atomic E-state index is 0.656. The predicted molar refractivity (Wildman–Crippen MR) is 83.4 cm³/mol. The van der Waals surface area contributed by atoms with E-state index in [0.29, 0.717) is 4.77 Å². The lowest BCUT2D eigenvalue weighted by molar-refractivity contribution is 1.04. The summed E-state index contributed by atoms with van der Waals surface area (Å²) in [6.07, 6.45) is 1.78. The van der Waals surface area contributed by atoms with E-state index in [1.807, 2.05) is 10.6 Å². The molecule has 2 aromatic heterocycles. The van der Waals surface area contributed by atoms with Crippen LogP contribution >= 0.6 is 28.1 Å². The van der Waals surface area contributed by atoms with E-state index in [-0.39, 0.29) is 0 Å². The molecule has 0 bridgehead atoms. The summed E-state index contributed by atoms with van der Waals surface area (Å²) in [5.41, 5.74) is 5.32. The number of aryl methyl sites for hydroxylation is 2. The average Bonchev–Trinajstić information content (AvgIpc) is 2.68. The number of nitrogens with one attached hydrogen (secondary N) is 1. The van der Waals surface area contributed by atoms with Gasteiger partial charge in [0.25, 0.3) is 0 Å². The summed E-state index contributed by atoms with van der Waals surface area (Å²) in [5, 5.41) is 0. The third-order valence-corrected chi connectivity index (χ3v) is 3.96. The van der Waals surface area contributed by atoms with Crippen LogP contribution in [0.2, 0.25) is 0 Å². The lowest BCUT2D eigenvalue weighted by Gasteiger charge is -2.07. The van der Waals surface area contributed by atoms with Crippen molar-refractivity contribution in [3.8, 4) is 5.69 Å². The van der Waals surface area contributed by atoms with E-state index in [1.54, 1.807) is 6.20 Å². The Kier molecular flexibility index (Phi) is 3.03. The zero-order valence-corrected chi connectivity index (χ0v) is 13.0. The summed E-state index contributed by atoms with van der Waals surface area (Å²) >= 11 is 8.82. The van der Waals surface area contributed by atoms with E-state index in [9.17, 15) is 0 Å². The SMILES string of the molecule is Cc1ccc(-n2c(=S)[nH]c3cc(Br)cnc32)cc1C. The van der Waals surface area contributed by atoms with Crippen molar-refractivity contribution >= 4 is 39.3 Å². The minimum atomic E-state index is 0.656. The topological polar surface area (TPSA) is 33.6 Å². The highest BCUT2D eigenvalue weighted by molar-refractivity contribution is 9.10. The normalized spacial score (nSPS) is 11.1. The smallest absolute Gasteiger partial charge is 0.183 e. The number of H-pyrrole nitrogens is 1. The van der Waals surface area contributed by atoms with Crippen molar-refractivity contribution in [3.05, 3.63) is 50.8 Å². The van der Waals surface area contributed by atoms with E-state index >= 15 is 0 Å². The third kappa shape index (κ3) is 2.13. The van der Waals surface area contributed by atoms with Crippen LogP contribution < -0.4 is 0 Å². The lowest BCUT2D eigenvalue weighted by Crippen LogP contribution is -1.96. The van der Waals surface area contributed by atoms with Crippen LogP contribution in [0, 0.1) is 18.6 Å². The number of hydrogen-bond acceptors (Lipinski definition) is 2. The van der Waals surface area contributed by atoms with E-state index in [2.05, 4.69) is 57.9 Å². The molecule has 96 valence electrons. The highest BCUT2D eigenvalue weighted by Gasteiger charge is 2.08. The van der Waals surface area contributed by atoms with Gasteiger partial charge in [-0.1, -0.05) is 6.07 Å². The summed E-state index contributed by atoms with van der Waals surface area (Å²) in [6.45, 7) is 4.20. The summed E-state index contributed by atoms with van der Waals surface area (Å²) in [7, 11) is 0. The van der Waals surface area contributed by atoms with Gasteiger partial charge < -0.3 is 4.98 Å². The molecule has 0 radical (unpaired) electrons. The van der Waals surface area contributed by atoms with Gasteiger partial charge in [-0.05, 0) is 71.3 Å². The molecule has 0 aliphatic heterocycles. The molecule has 0 saturated heterocycles. The van der Waals surface area contributed by atoms with E-state index in [4.69, 9.17) is 12.2 Å². The molecule has 3 aromatic rings. The van der Waals surface area contributed by atoms with Gasteiger partial charge in [-0.2, -0.15) is 0 Å². The van der Waals surface area contributed by atoms with E-state index in [0.717, 1.165) is 21.3 Å². The number of benzene rings is 1. The maximum atomic E-state index is 5.41. The quantitative estimate of drug-likeness (QED) is 0.667. The molecule has 0 spiro atoms. The Labute approximate surface area is 124 Å². The van der Waals surface area contributed by atoms with Crippen LogP contribution in [0.5, 0.6) is 0 Å². The molecule has 0 unspecified atom stereocenters. The Morgan fingerprint density at radius 2 is 2.00 bits per heavy atom. The molecule has 0 saturated carbocycles. The van der Waals surface area contributed by atoms with Crippen LogP contribution in [0.15, 0.2) is 34.9 Å². The maximum Gasteiger partial charge on any atom is 0.183 e. The monoisotopic (exact) mass is 333 g/mol. The molecule has 1 aromatic carbocycles. The van der Waals surface area contributed by atoms with Crippen molar-refractivity contribution in [1.29, 1.82) is 0 Å². The molecule has 0 atom stereocenters. The van der Waals surface area contributed by atoms with Gasteiger partial charge in [0, 0.05) is 10.7 Å². The molecule has 3 nitrogen and oxygen atoms in total. The van der Waals surface area contributed by atoms with Gasteiger partial charge in [-0.3, -0.25) is 4.57 Å². The highest BCUT2D eigenvalue weighted by Crippen LogP contribution is 2.22. The zero-order chi connectivity index (χ0) is 13.6. The Morgan fingerprint density at radius 3 is 2.74 bits per heavy atom. The molecular formula is C14H12BrN3S. The summed E-state index contributed by atoms with van der Waals surface area (Å²) in [6, 6.07) is 8.27. The number of hydrogen-bond donors (Lipinski definition) is 1. The fourth-order valence-corrected chi connectivity index (χ4v) is 2.71. The van der Waals surface area contributed by atoms with Crippen LogP contribution in [0.4, 0.5) is 0 Å². The van der Waals surface area contributed by atoms with Gasteiger partial charge in [0.15, 0.2) is 10.4 Å². The van der Waals surface area contributed by atoms with Gasteiger partial charge in [-0.25, -0.2) is 4.98 Å². The number of pyridine rings is 1. The van der Waals surface area contributed by atoms with Crippen LogP contribution in [0.25, 0.3) is 16.9 Å². The Balaban J connectivity index is 2.32. The number of imidazole rings is 1. The maximum absolute atomic E-state index is 5.41. The number of rotatable bonds is 1.